The van der Waals surface area contributed by atoms with Crippen LogP contribution in [-0.4, -0.2) is 31.2 Å². The monoisotopic (exact) mass is 399 g/mol. The summed E-state index contributed by atoms with van der Waals surface area (Å²) in [5.74, 6) is -0.669. The maximum Gasteiger partial charge on any atom is 0.258 e. The first-order valence-corrected chi connectivity index (χ1v) is 8.24. The molecule has 0 aliphatic heterocycles. The number of carbonyl (C=O) groups is 1. The molecule has 0 bridgehead atoms. The van der Waals surface area contributed by atoms with Crippen molar-refractivity contribution in [1.82, 2.24) is 25.5 Å². The highest BCUT2D eigenvalue weighted by molar-refractivity contribution is 9.10. The normalized spacial score (nSPS) is 11.8. The summed E-state index contributed by atoms with van der Waals surface area (Å²) < 4.78 is 0.959. The third-order valence-corrected chi connectivity index (χ3v) is 4.06. The summed E-state index contributed by atoms with van der Waals surface area (Å²) in [6.45, 7) is 1.85. The van der Waals surface area contributed by atoms with Gasteiger partial charge in [-0.2, -0.15) is 10.1 Å². The molecule has 1 amide bonds. The summed E-state index contributed by atoms with van der Waals surface area (Å²) in [6, 6.07) is 10.7. The molecule has 25 heavy (non-hydrogen) atoms. The molecule has 0 saturated heterocycles. The Morgan fingerprint density at radius 2 is 2.00 bits per heavy atom. The second kappa shape index (κ2) is 7.35. The van der Waals surface area contributed by atoms with Gasteiger partial charge in [0.1, 0.15) is 11.3 Å². The zero-order valence-electron chi connectivity index (χ0n) is 13.2. The lowest BCUT2D eigenvalue weighted by atomic mass is 10.1. The summed E-state index contributed by atoms with van der Waals surface area (Å²) in [6.07, 6.45) is 2.80. The van der Waals surface area contributed by atoms with E-state index in [2.05, 4.69) is 41.4 Å². The standard InChI is InChI=1S/C17H14BrN5O2/c1-10(11-4-6-12(18)7-5-11)21-16(24)13-9-19-15(22-17(13)25)14-3-2-8-20-23-14/h2-10H,1H3,(H,21,24)(H,19,22,25)/t10-/m0/s1. The highest BCUT2D eigenvalue weighted by Gasteiger charge is 2.18. The van der Waals surface area contributed by atoms with Crippen molar-refractivity contribution in [3.63, 3.8) is 0 Å². The van der Waals surface area contributed by atoms with Gasteiger partial charge < -0.3 is 10.4 Å². The molecular formula is C17H14BrN5O2. The van der Waals surface area contributed by atoms with Crippen LogP contribution in [0.25, 0.3) is 11.5 Å². The van der Waals surface area contributed by atoms with E-state index < -0.39 is 11.8 Å². The molecule has 2 heterocycles. The Kier molecular flexibility index (Phi) is 4.99. The number of benzene rings is 1. The van der Waals surface area contributed by atoms with Gasteiger partial charge in [-0.05, 0) is 36.8 Å². The minimum Gasteiger partial charge on any atom is -0.493 e. The highest BCUT2D eigenvalue weighted by atomic mass is 79.9. The Hall–Kier alpha value is -2.87. The molecule has 0 aliphatic rings. The lowest BCUT2D eigenvalue weighted by Gasteiger charge is -2.14. The minimum absolute atomic E-state index is 0.00315. The van der Waals surface area contributed by atoms with Crippen molar-refractivity contribution in [3.05, 3.63) is 64.4 Å². The van der Waals surface area contributed by atoms with Crippen LogP contribution in [0.3, 0.4) is 0 Å². The molecule has 2 aromatic heterocycles. The van der Waals surface area contributed by atoms with Crippen LogP contribution in [0.1, 0.15) is 28.9 Å². The van der Waals surface area contributed by atoms with Crippen molar-refractivity contribution in [1.29, 1.82) is 0 Å². The number of aromatic hydroxyl groups is 1. The number of nitrogens with one attached hydrogen (secondary N) is 1. The van der Waals surface area contributed by atoms with Crippen molar-refractivity contribution in [2.75, 3.05) is 0 Å². The van der Waals surface area contributed by atoms with E-state index in [1.54, 1.807) is 12.1 Å². The molecule has 1 atom stereocenters. The van der Waals surface area contributed by atoms with Crippen molar-refractivity contribution >= 4 is 21.8 Å². The molecule has 7 nitrogen and oxygen atoms in total. The molecule has 8 heteroatoms. The first kappa shape index (κ1) is 17.0. The quantitative estimate of drug-likeness (QED) is 0.699. The first-order valence-electron chi connectivity index (χ1n) is 7.45. The number of carbonyl (C=O) groups excluding carboxylic acids is 1. The molecule has 3 aromatic rings. The van der Waals surface area contributed by atoms with Gasteiger partial charge in [-0.15, -0.1) is 5.10 Å². The molecule has 0 saturated carbocycles. The van der Waals surface area contributed by atoms with Gasteiger partial charge in [0, 0.05) is 16.9 Å². The van der Waals surface area contributed by atoms with Crippen LogP contribution >= 0.6 is 15.9 Å². The van der Waals surface area contributed by atoms with Crippen LogP contribution in [0.2, 0.25) is 0 Å². The number of halogens is 1. The van der Waals surface area contributed by atoms with E-state index in [4.69, 9.17) is 0 Å². The number of rotatable bonds is 4. The Labute approximate surface area is 152 Å². The van der Waals surface area contributed by atoms with Gasteiger partial charge in [-0.1, -0.05) is 28.1 Å². The first-order chi connectivity index (χ1) is 12.0. The second-order valence-corrected chi connectivity index (χ2v) is 6.20. The van der Waals surface area contributed by atoms with Crippen LogP contribution in [-0.2, 0) is 0 Å². The molecule has 0 unspecified atom stereocenters. The lowest BCUT2D eigenvalue weighted by Crippen LogP contribution is -2.27. The summed E-state index contributed by atoms with van der Waals surface area (Å²) in [5.41, 5.74) is 1.35. The molecule has 0 radical (unpaired) electrons. The van der Waals surface area contributed by atoms with Crippen molar-refractivity contribution < 1.29 is 9.90 Å². The van der Waals surface area contributed by atoms with Gasteiger partial charge in [0.15, 0.2) is 5.82 Å². The van der Waals surface area contributed by atoms with Gasteiger partial charge in [-0.3, -0.25) is 4.79 Å². The van der Waals surface area contributed by atoms with E-state index >= 15 is 0 Å². The maximum atomic E-state index is 12.4. The van der Waals surface area contributed by atoms with Crippen molar-refractivity contribution in [2.24, 2.45) is 0 Å². The number of nitrogens with zero attached hydrogens (tertiary/aromatic N) is 4. The summed E-state index contributed by atoms with van der Waals surface area (Å²) in [4.78, 5) is 20.4. The Morgan fingerprint density at radius 1 is 1.24 bits per heavy atom. The molecule has 126 valence electrons. The van der Waals surface area contributed by atoms with Crippen LogP contribution in [0.15, 0.2) is 53.3 Å². The third-order valence-electron chi connectivity index (χ3n) is 3.53. The van der Waals surface area contributed by atoms with Crippen molar-refractivity contribution in [2.45, 2.75) is 13.0 Å². The molecular weight excluding hydrogens is 386 g/mol. The van der Waals surface area contributed by atoms with Crippen LogP contribution in [0, 0.1) is 0 Å². The summed E-state index contributed by atoms with van der Waals surface area (Å²) in [5, 5.41) is 20.5. The van der Waals surface area contributed by atoms with Gasteiger partial charge in [0.25, 0.3) is 5.91 Å². The molecule has 0 spiro atoms. The predicted octanol–water partition coefficient (Wildman–Crippen LogP) is 2.89. The minimum atomic E-state index is -0.460. The van der Waals surface area contributed by atoms with Gasteiger partial charge in [0.05, 0.1) is 6.04 Å². The fraction of sp³-hybridized carbons (Fsp3) is 0.118. The van der Waals surface area contributed by atoms with E-state index in [-0.39, 0.29) is 17.4 Å². The average Bonchev–Trinajstić information content (AvgIpc) is 2.62. The van der Waals surface area contributed by atoms with E-state index in [1.807, 2.05) is 31.2 Å². The summed E-state index contributed by atoms with van der Waals surface area (Å²) in [7, 11) is 0. The van der Waals surface area contributed by atoms with E-state index in [0.29, 0.717) is 5.69 Å². The molecule has 3 rings (SSSR count). The second-order valence-electron chi connectivity index (χ2n) is 5.29. The average molecular weight is 400 g/mol. The molecule has 1 aromatic carbocycles. The largest absolute Gasteiger partial charge is 0.493 e. The number of hydrogen-bond donors (Lipinski definition) is 2. The lowest BCUT2D eigenvalue weighted by molar-refractivity contribution is 0.0936. The summed E-state index contributed by atoms with van der Waals surface area (Å²) >= 11 is 3.37. The SMILES string of the molecule is C[C@H](NC(=O)c1cnc(-c2cccnn2)nc1O)c1ccc(Br)cc1. The topological polar surface area (TPSA) is 101 Å². The Bertz CT molecular complexity index is 887. The van der Waals surface area contributed by atoms with E-state index in [0.717, 1.165) is 10.0 Å². The number of amides is 1. The molecule has 0 aliphatic carbocycles. The zero-order valence-corrected chi connectivity index (χ0v) is 14.8. The fourth-order valence-electron chi connectivity index (χ4n) is 2.19. The van der Waals surface area contributed by atoms with Crippen LogP contribution in [0.5, 0.6) is 5.88 Å². The number of hydrogen-bond acceptors (Lipinski definition) is 6. The van der Waals surface area contributed by atoms with E-state index in [1.165, 1.54) is 12.4 Å². The maximum absolute atomic E-state index is 12.4. The van der Waals surface area contributed by atoms with Crippen molar-refractivity contribution in [3.8, 4) is 17.4 Å². The molecule has 2 N–H and O–H groups in total. The third kappa shape index (κ3) is 3.97. The van der Waals surface area contributed by atoms with Gasteiger partial charge >= 0.3 is 0 Å². The predicted molar refractivity (Wildman–Crippen MR) is 94.7 cm³/mol. The fourth-order valence-corrected chi connectivity index (χ4v) is 2.45. The van der Waals surface area contributed by atoms with Crippen LogP contribution < -0.4 is 5.32 Å². The highest BCUT2D eigenvalue weighted by Crippen LogP contribution is 2.20. The Balaban J connectivity index is 1.77. The van der Waals surface area contributed by atoms with Crippen LogP contribution in [0.4, 0.5) is 0 Å². The number of aromatic nitrogens is 4. The smallest absolute Gasteiger partial charge is 0.258 e. The molecule has 0 fully saturated rings. The zero-order chi connectivity index (χ0) is 17.8. The van der Waals surface area contributed by atoms with Gasteiger partial charge in [0.2, 0.25) is 5.88 Å². The van der Waals surface area contributed by atoms with E-state index in [9.17, 15) is 9.90 Å². The Morgan fingerprint density at radius 3 is 2.64 bits per heavy atom. The van der Waals surface area contributed by atoms with Gasteiger partial charge in [-0.25, -0.2) is 4.98 Å².